The van der Waals surface area contributed by atoms with Crippen LogP contribution in [0.2, 0.25) is 0 Å². The van der Waals surface area contributed by atoms with Gasteiger partial charge in [0, 0.05) is 29.9 Å². The van der Waals surface area contributed by atoms with Gasteiger partial charge in [-0.25, -0.2) is 0 Å². The number of rotatable bonds is 3. The van der Waals surface area contributed by atoms with E-state index < -0.39 is 6.04 Å². The average Bonchev–Trinajstić information content (AvgIpc) is 2.78. The first-order valence-electron chi connectivity index (χ1n) is 6.91. The van der Waals surface area contributed by atoms with Crippen LogP contribution in [0.5, 0.6) is 5.88 Å². The second-order valence-electron chi connectivity index (χ2n) is 5.24. The lowest BCUT2D eigenvalue weighted by atomic mass is 10.1. The number of hydrogen-bond donors (Lipinski definition) is 3. The van der Waals surface area contributed by atoms with Crippen molar-refractivity contribution in [3.05, 3.63) is 30.0 Å². The maximum absolute atomic E-state index is 12.0. The molecule has 2 heterocycles. The molecule has 1 aromatic heterocycles. The summed E-state index contributed by atoms with van der Waals surface area (Å²) >= 11 is 0. The van der Waals surface area contributed by atoms with Gasteiger partial charge in [0.1, 0.15) is 6.04 Å². The fraction of sp³-hybridized carbons (Fsp3) is 0.333. The van der Waals surface area contributed by atoms with Crippen LogP contribution in [0.3, 0.4) is 0 Å². The Morgan fingerprint density at radius 3 is 2.90 bits per heavy atom. The number of aromatic nitrogens is 1. The second kappa shape index (κ2) is 5.21. The van der Waals surface area contributed by atoms with Gasteiger partial charge < -0.3 is 15.0 Å². The van der Waals surface area contributed by atoms with E-state index in [2.05, 4.69) is 10.6 Å². The van der Waals surface area contributed by atoms with Crippen LogP contribution in [0.4, 0.5) is 0 Å². The van der Waals surface area contributed by atoms with Gasteiger partial charge >= 0.3 is 0 Å². The smallest absolute Gasteiger partial charge is 0.249 e. The number of nitrogens with one attached hydrogen (secondary N) is 2. The van der Waals surface area contributed by atoms with Crippen molar-refractivity contribution in [1.29, 1.82) is 0 Å². The summed E-state index contributed by atoms with van der Waals surface area (Å²) in [7, 11) is 1.86. The zero-order valence-electron chi connectivity index (χ0n) is 11.7. The summed E-state index contributed by atoms with van der Waals surface area (Å²) in [6.07, 6.45) is 2.48. The number of benzene rings is 1. The number of carbonyl (C=O) groups is 2. The molecule has 1 fully saturated rings. The molecule has 1 aliphatic rings. The van der Waals surface area contributed by atoms with E-state index in [1.54, 1.807) is 10.8 Å². The number of nitrogens with zero attached hydrogens (tertiary/aromatic N) is 1. The summed E-state index contributed by atoms with van der Waals surface area (Å²) in [5, 5.41) is 17.4. The third-order valence-electron chi connectivity index (χ3n) is 3.86. The molecule has 0 aliphatic carbocycles. The van der Waals surface area contributed by atoms with E-state index in [9.17, 15) is 14.7 Å². The predicted molar refractivity (Wildman–Crippen MR) is 77.8 cm³/mol. The van der Waals surface area contributed by atoms with Crippen molar-refractivity contribution in [3.8, 4) is 5.88 Å². The van der Waals surface area contributed by atoms with Gasteiger partial charge in [-0.15, -0.1) is 0 Å². The lowest BCUT2D eigenvalue weighted by Crippen LogP contribution is -2.41. The number of amides is 2. The van der Waals surface area contributed by atoms with E-state index >= 15 is 0 Å². The molecule has 110 valence electrons. The Bertz CT molecular complexity index is 720. The first-order chi connectivity index (χ1) is 10.1. The number of fused-ring (bicyclic) bond motifs is 1. The van der Waals surface area contributed by atoms with Gasteiger partial charge in [-0.05, 0) is 25.1 Å². The van der Waals surface area contributed by atoms with Crippen LogP contribution in [0.1, 0.15) is 24.4 Å². The first kappa shape index (κ1) is 13.6. The fourth-order valence-corrected chi connectivity index (χ4v) is 2.83. The highest BCUT2D eigenvalue weighted by Crippen LogP contribution is 2.34. The van der Waals surface area contributed by atoms with Crippen LogP contribution in [0.25, 0.3) is 10.8 Å². The summed E-state index contributed by atoms with van der Waals surface area (Å²) in [4.78, 5) is 23.2. The fourth-order valence-electron chi connectivity index (χ4n) is 2.83. The van der Waals surface area contributed by atoms with Crippen LogP contribution in [0, 0.1) is 0 Å². The standard InChI is InChI=1S/C15H17N3O3/c1-16-7-9-3-2-4-10-11(9)8-18(15(10)21)12-5-6-13(19)17-14(12)20/h2-4,8,12,16,21H,5-7H2,1H3,(H,17,19,20). The van der Waals surface area contributed by atoms with E-state index in [-0.39, 0.29) is 24.1 Å². The van der Waals surface area contributed by atoms with Crippen LogP contribution in [-0.2, 0) is 16.1 Å². The normalized spacial score (nSPS) is 19.0. The van der Waals surface area contributed by atoms with Gasteiger partial charge in [0.15, 0.2) is 5.88 Å². The number of piperidine rings is 1. The Kier molecular flexibility index (Phi) is 3.39. The third kappa shape index (κ3) is 2.27. The van der Waals surface area contributed by atoms with Crippen molar-refractivity contribution in [2.75, 3.05) is 7.05 Å². The minimum atomic E-state index is -0.544. The highest BCUT2D eigenvalue weighted by atomic mass is 16.3. The van der Waals surface area contributed by atoms with E-state index in [1.165, 1.54) is 0 Å². The summed E-state index contributed by atoms with van der Waals surface area (Å²) in [6, 6.07) is 5.14. The van der Waals surface area contributed by atoms with E-state index in [0.29, 0.717) is 18.4 Å². The molecule has 0 bridgehead atoms. The highest BCUT2D eigenvalue weighted by Gasteiger charge is 2.30. The first-order valence-corrected chi connectivity index (χ1v) is 6.91. The summed E-state index contributed by atoms with van der Waals surface area (Å²) in [5.41, 5.74) is 1.05. The van der Waals surface area contributed by atoms with Gasteiger partial charge in [-0.1, -0.05) is 12.1 Å². The van der Waals surface area contributed by atoms with E-state index in [4.69, 9.17) is 0 Å². The molecule has 0 spiro atoms. The Balaban J connectivity index is 2.07. The molecule has 1 saturated heterocycles. The zero-order valence-corrected chi connectivity index (χ0v) is 11.7. The molecular weight excluding hydrogens is 270 g/mol. The molecule has 2 amide bonds. The molecule has 1 aliphatic heterocycles. The van der Waals surface area contributed by atoms with Crippen molar-refractivity contribution in [2.45, 2.75) is 25.4 Å². The maximum atomic E-state index is 12.0. The second-order valence-corrected chi connectivity index (χ2v) is 5.24. The Hall–Kier alpha value is -2.34. The van der Waals surface area contributed by atoms with Crippen LogP contribution in [-0.4, -0.2) is 28.5 Å². The molecule has 6 nitrogen and oxygen atoms in total. The van der Waals surface area contributed by atoms with E-state index in [1.807, 2.05) is 25.2 Å². The monoisotopic (exact) mass is 287 g/mol. The molecule has 1 aromatic carbocycles. The molecular formula is C15H17N3O3. The minimum absolute atomic E-state index is 0.0671. The lowest BCUT2D eigenvalue weighted by molar-refractivity contribution is -0.135. The number of carbonyl (C=O) groups excluding carboxylic acids is 2. The number of aromatic hydroxyl groups is 1. The zero-order chi connectivity index (χ0) is 15.0. The Morgan fingerprint density at radius 1 is 1.38 bits per heavy atom. The lowest BCUT2D eigenvalue weighted by Gasteiger charge is -2.22. The molecule has 21 heavy (non-hydrogen) atoms. The predicted octanol–water partition coefficient (Wildman–Crippen LogP) is 1.04. The highest BCUT2D eigenvalue weighted by molar-refractivity contribution is 6.00. The molecule has 3 N–H and O–H groups in total. The summed E-state index contributed by atoms with van der Waals surface area (Å²) in [5.74, 6) is -0.558. The van der Waals surface area contributed by atoms with Crippen molar-refractivity contribution < 1.29 is 14.7 Å². The quantitative estimate of drug-likeness (QED) is 0.737. The van der Waals surface area contributed by atoms with Crippen LogP contribution in [0.15, 0.2) is 24.4 Å². The van der Waals surface area contributed by atoms with Gasteiger partial charge in [0.25, 0.3) is 0 Å². The average molecular weight is 287 g/mol. The van der Waals surface area contributed by atoms with Crippen molar-refractivity contribution >= 4 is 22.6 Å². The van der Waals surface area contributed by atoms with Crippen molar-refractivity contribution in [3.63, 3.8) is 0 Å². The Labute approximate surface area is 121 Å². The third-order valence-corrected chi connectivity index (χ3v) is 3.86. The SMILES string of the molecule is CNCc1cccc2c(O)n(C3CCC(=O)NC3=O)cc12. The maximum Gasteiger partial charge on any atom is 0.249 e. The minimum Gasteiger partial charge on any atom is -0.494 e. The summed E-state index contributed by atoms with van der Waals surface area (Å²) < 4.78 is 1.56. The molecule has 0 saturated carbocycles. The molecule has 6 heteroatoms. The van der Waals surface area contributed by atoms with Gasteiger partial charge in [0.2, 0.25) is 11.8 Å². The topological polar surface area (TPSA) is 83.4 Å². The van der Waals surface area contributed by atoms with E-state index in [0.717, 1.165) is 10.9 Å². The number of hydrogen-bond acceptors (Lipinski definition) is 4. The molecule has 1 atom stereocenters. The Morgan fingerprint density at radius 2 is 2.19 bits per heavy atom. The molecule has 1 unspecified atom stereocenters. The largest absolute Gasteiger partial charge is 0.494 e. The van der Waals surface area contributed by atoms with Gasteiger partial charge in [0.05, 0.1) is 0 Å². The summed E-state index contributed by atoms with van der Waals surface area (Å²) in [6.45, 7) is 0.677. The number of imide groups is 1. The van der Waals surface area contributed by atoms with Gasteiger partial charge in [-0.2, -0.15) is 0 Å². The van der Waals surface area contributed by atoms with Crippen molar-refractivity contribution in [2.24, 2.45) is 0 Å². The van der Waals surface area contributed by atoms with Crippen LogP contribution >= 0.6 is 0 Å². The van der Waals surface area contributed by atoms with Gasteiger partial charge in [-0.3, -0.25) is 14.9 Å². The molecule has 3 rings (SSSR count). The molecule has 2 aromatic rings. The van der Waals surface area contributed by atoms with Crippen molar-refractivity contribution in [1.82, 2.24) is 15.2 Å². The molecule has 0 radical (unpaired) electrons. The van der Waals surface area contributed by atoms with Crippen LogP contribution < -0.4 is 10.6 Å².